The van der Waals surface area contributed by atoms with E-state index in [9.17, 15) is 0 Å². The molecule has 0 unspecified atom stereocenters. The Kier molecular flexibility index (Phi) is 2.26. The van der Waals surface area contributed by atoms with Gasteiger partial charge < -0.3 is 0 Å². The second kappa shape index (κ2) is 3.00. The second-order valence-electron chi connectivity index (χ2n) is 2.74. The molecule has 0 aromatic carbocycles. The van der Waals surface area contributed by atoms with Gasteiger partial charge in [-0.25, -0.2) is 0 Å². The minimum Gasteiger partial charge on any atom is -0.294 e. The van der Waals surface area contributed by atoms with Crippen LogP contribution in [0, 0.1) is 5.92 Å². The predicted molar refractivity (Wildman–Crippen MR) is 41.0 cm³/mol. The molecule has 0 N–H and O–H groups in total. The number of rotatable bonds is 2. The van der Waals surface area contributed by atoms with Gasteiger partial charge in [-0.1, -0.05) is 6.42 Å². The van der Waals surface area contributed by atoms with Crippen molar-refractivity contribution in [1.29, 1.82) is 0 Å². The first-order chi connectivity index (χ1) is 4.34. The van der Waals surface area contributed by atoms with Crippen LogP contribution in [0.1, 0.15) is 33.1 Å². The van der Waals surface area contributed by atoms with Gasteiger partial charge in [0.1, 0.15) is 0 Å². The highest BCUT2D eigenvalue weighted by atomic mass is 14.7. The summed E-state index contributed by atoms with van der Waals surface area (Å²) in [5, 5.41) is 0. The Morgan fingerprint density at radius 2 is 2.22 bits per heavy atom. The smallest absolute Gasteiger partial charge is 0.0360 e. The van der Waals surface area contributed by atoms with Gasteiger partial charge in [0, 0.05) is 12.3 Å². The van der Waals surface area contributed by atoms with Crippen LogP contribution in [-0.2, 0) is 0 Å². The van der Waals surface area contributed by atoms with Crippen molar-refractivity contribution in [2.75, 3.05) is 6.54 Å². The van der Waals surface area contributed by atoms with E-state index >= 15 is 0 Å². The van der Waals surface area contributed by atoms with E-state index in [1.54, 1.807) is 0 Å². The van der Waals surface area contributed by atoms with Crippen LogP contribution in [0.5, 0.6) is 0 Å². The first-order valence-electron chi connectivity index (χ1n) is 3.85. The van der Waals surface area contributed by atoms with Crippen molar-refractivity contribution < 1.29 is 0 Å². The maximum atomic E-state index is 4.36. The van der Waals surface area contributed by atoms with E-state index in [1.807, 2.05) is 0 Å². The molecular weight excluding hydrogens is 110 g/mol. The Hall–Kier alpha value is -0.330. The van der Waals surface area contributed by atoms with Crippen LogP contribution in [0.25, 0.3) is 0 Å². The Morgan fingerprint density at radius 3 is 2.56 bits per heavy atom. The van der Waals surface area contributed by atoms with Crippen LogP contribution < -0.4 is 0 Å². The zero-order chi connectivity index (χ0) is 6.69. The maximum absolute atomic E-state index is 4.36. The first kappa shape index (κ1) is 6.79. The van der Waals surface area contributed by atoms with Crippen LogP contribution in [0.15, 0.2) is 4.99 Å². The van der Waals surface area contributed by atoms with Crippen molar-refractivity contribution in [3.63, 3.8) is 0 Å². The molecule has 0 atom stereocenters. The summed E-state index contributed by atoms with van der Waals surface area (Å²) in [6, 6.07) is 0. The number of hydrogen-bond acceptors (Lipinski definition) is 1. The van der Waals surface area contributed by atoms with Gasteiger partial charge in [0.15, 0.2) is 0 Å². The molecule has 0 aliphatic heterocycles. The molecule has 1 aliphatic carbocycles. The summed E-state index contributed by atoms with van der Waals surface area (Å²) in [7, 11) is 0. The van der Waals surface area contributed by atoms with E-state index in [-0.39, 0.29) is 0 Å². The summed E-state index contributed by atoms with van der Waals surface area (Å²) in [4.78, 5) is 4.36. The zero-order valence-electron chi connectivity index (χ0n) is 6.35. The van der Waals surface area contributed by atoms with Crippen molar-refractivity contribution in [3.05, 3.63) is 0 Å². The molecule has 1 rings (SSSR count). The summed E-state index contributed by atoms with van der Waals surface area (Å²) in [5.74, 6) is 0.852. The SMILES string of the molecule is CCN=C(C)C1CCC1. The third-order valence-electron chi connectivity index (χ3n) is 2.10. The molecule has 0 saturated heterocycles. The largest absolute Gasteiger partial charge is 0.294 e. The molecular formula is C8H15N. The molecule has 0 aromatic rings. The van der Waals surface area contributed by atoms with Crippen LogP contribution in [0.2, 0.25) is 0 Å². The standard InChI is InChI=1S/C8H15N/c1-3-9-7(2)8-5-4-6-8/h8H,3-6H2,1-2H3. The van der Waals surface area contributed by atoms with Gasteiger partial charge in [0.05, 0.1) is 0 Å². The maximum Gasteiger partial charge on any atom is 0.0360 e. The van der Waals surface area contributed by atoms with Crippen LogP contribution in [0.3, 0.4) is 0 Å². The molecule has 0 radical (unpaired) electrons. The summed E-state index contributed by atoms with van der Waals surface area (Å²) in [6.07, 6.45) is 4.19. The second-order valence-corrected chi connectivity index (χ2v) is 2.74. The molecule has 0 bridgehead atoms. The van der Waals surface area contributed by atoms with Gasteiger partial charge in [-0.15, -0.1) is 0 Å². The lowest BCUT2D eigenvalue weighted by molar-refractivity contribution is 0.411. The average molecular weight is 125 g/mol. The number of nitrogens with zero attached hydrogens (tertiary/aromatic N) is 1. The normalized spacial score (nSPS) is 21.8. The lowest BCUT2D eigenvalue weighted by atomic mass is 9.82. The van der Waals surface area contributed by atoms with Gasteiger partial charge in [-0.05, 0) is 32.6 Å². The lowest BCUT2D eigenvalue weighted by Gasteiger charge is -2.24. The van der Waals surface area contributed by atoms with E-state index < -0.39 is 0 Å². The van der Waals surface area contributed by atoms with Crippen molar-refractivity contribution in [2.24, 2.45) is 10.9 Å². The molecule has 1 nitrogen and oxygen atoms in total. The molecule has 0 spiro atoms. The highest BCUT2D eigenvalue weighted by molar-refractivity contribution is 5.84. The molecule has 1 fully saturated rings. The topological polar surface area (TPSA) is 12.4 Å². The summed E-state index contributed by atoms with van der Waals surface area (Å²) in [6.45, 7) is 5.22. The van der Waals surface area contributed by atoms with Crippen molar-refractivity contribution in [3.8, 4) is 0 Å². The Balaban J connectivity index is 2.31. The Labute approximate surface area is 57.2 Å². The van der Waals surface area contributed by atoms with Crippen molar-refractivity contribution >= 4 is 5.71 Å². The van der Waals surface area contributed by atoms with Gasteiger partial charge in [-0.2, -0.15) is 0 Å². The van der Waals surface area contributed by atoms with E-state index in [1.165, 1.54) is 25.0 Å². The van der Waals surface area contributed by atoms with Crippen molar-refractivity contribution in [1.82, 2.24) is 0 Å². The quantitative estimate of drug-likeness (QED) is 0.502. The molecule has 0 heterocycles. The Bertz CT molecular complexity index is 112. The molecule has 52 valence electrons. The number of hydrogen-bond donors (Lipinski definition) is 0. The van der Waals surface area contributed by atoms with E-state index in [4.69, 9.17) is 0 Å². The zero-order valence-corrected chi connectivity index (χ0v) is 6.35. The molecule has 0 amide bonds. The fourth-order valence-electron chi connectivity index (χ4n) is 1.20. The van der Waals surface area contributed by atoms with Gasteiger partial charge in [0.2, 0.25) is 0 Å². The summed E-state index contributed by atoms with van der Waals surface area (Å²) >= 11 is 0. The van der Waals surface area contributed by atoms with Gasteiger partial charge in [-0.3, -0.25) is 4.99 Å². The van der Waals surface area contributed by atoms with Gasteiger partial charge in [0.25, 0.3) is 0 Å². The lowest BCUT2D eigenvalue weighted by Crippen LogP contribution is -2.19. The number of aliphatic imine (C=N–C) groups is 1. The van der Waals surface area contributed by atoms with Crippen LogP contribution >= 0.6 is 0 Å². The Morgan fingerprint density at radius 1 is 1.56 bits per heavy atom. The van der Waals surface area contributed by atoms with E-state index in [0.717, 1.165) is 12.5 Å². The van der Waals surface area contributed by atoms with Crippen LogP contribution in [-0.4, -0.2) is 12.3 Å². The summed E-state index contributed by atoms with van der Waals surface area (Å²) < 4.78 is 0. The fraction of sp³-hybridized carbons (Fsp3) is 0.875. The third-order valence-corrected chi connectivity index (χ3v) is 2.10. The van der Waals surface area contributed by atoms with Crippen LogP contribution in [0.4, 0.5) is 0 Å². The van der Waals surface area contributed by atoms with E-state index in [2.05, 4.69) is 18.8 Å². The fourth-order valence-corrected chi connectivity index (χ4v) is 1.20. The predicted octanol–water partition coefficient (Wildman–Crippen LogP) is 2.27. The average Bonchev–Trinajstić information content (AvgIpc) is 1.60. The van der Waals surface area contributed by atoms with E-state index in [0.29, 0.717) is 0 Å². The highest BCUT2D eigenvalue weighted by Gasteiger charge is 2.19. The first-order valence-corrected chi connectivity index (χ1v) is 3.85. The van der Waals surface area contributed by atoms with Gasteiger partial charge >= 0.3 is 0 Å². The summed E-state index contributed by atoms with van der Waals surface area (Å²) in [5.41, 5.74) is 1.38. The molecule has 1 aliphatic rings. The molecule has 1 saturated carbocycles. The minimum absolute atomic E-state index is 0.852. The third kappa shape index (κ3) is 1.54. The monoisotopic (exact) mass is 125 g/mol. The van der Waals surface area contributed by atoms with Crippen molar-refractivity contribution in [2.45, 2.75) is 33.1 Å². The minimum atomic E-state index is 0.852. The molecule has 1 heteroatoms. The molecule has 9 heavy (non-hydrogen) atoms. The highest BCUT2D eigenvalue weighted by Crippen LogP contribution is 2.27. The molecule has 0 aromatic heterocycles.